The van der Waals surface area contributed by atoms with Crippen LogP contribution in [0.3, 0.4) is 0 Å². The van der Waals surface area contributed by atoms with Crippen LogP contribution >= 0.6 is 11.5 Å². The van der Waals surface area contributed by atoms with E-state index in [-0.39, 0.29) is 5.92 Å². The highest BCUT2D eigenvalue weighted by molar-refractivity contribution is 7.09. The van der Waals surface area contributed by atoms with E-state index in [9.17, 15) is 4.79 Å². The zero-order valence-corrected chi connectivity index (χ0v) is 15.8. The molecule has 1 saturated carbocycles. The molecule has 2 unspecified atom stereocenters. The van der Waals surface area contributed by atoms with Crippen LogP contribution in [-0.2, 0) is 16.1 Å². The summed E-state index contributed by atoms with van der Waals surface area (Å²) in [6.45, 7) is 4.29. The summed E-state index contributed by atoms with van der Waals surface area (Å²) in [6, 6.07) is 0. The number of carbonyl (C=O) groups is 1. The van der Waals surface area contributed by atoms with Crippen molar-refractivity contribution < 1.29 is 9.53 Å². The molecule has 0 N–H and O–H groups in total. The molecule has 3 fully saturated rings. The van der Waals surface area contributed by atoms with Crippen molar-refractivity contribution in [3.63, 3.8) is 0 Å². The zero-order chi connectivity index (χ0) is 17.2. The van der Waals surface area contributed by atoms with Gasteiger partial charge < -0.3 is 14.5 Å². The molecule has 0 aromatic carbocycles. The van der Waals surface area contributed by atoms with Gasteiger partial charge in [-0.05, 0) is 37.5 Å². The van der Waals surface area contributed by atoms with Gasteiger partial charge in [-0.2, -0.15) is 4.37 Å². The summed E-state index contributed by atoms with van der Waals surface area (Å²) >= 11 is 1.43. The van der Waals surface area contributed by atoms with Gasteiger partial charge in [-0.15, -0.1) is 0 Å². The Morgan fingerprint density at radius 2 is 1.84 bits per heavy atom. The summed E-state index contributed by atoms with van der Waals surface area (Å²) in [6.07, 6.45) is 7.23. The molecule has 6 nitrogen and oxygen atoms in total. The molecule has 0 radical (unpaired) electrons. The van der Waals surface area contributed by atoms with E-state index in [4.69, 9.17) is 4.74 Å². The minimum atomic E-state index is 0.197. The number of likely N-dealkylation sites (tertiary alicyclic amines) is 1. The van der Waals surface area contributed by atoms with Gasteiger partial charge in [-0.3, -0.25) is 4.79 Å². The lowest BCUT2D eigenvalue weighted by Gasteiger charge is -2.32. The molecule has 7 heteroatoms. The maximum Gasteiger partial charge on any atom is 0.225 e. The van der Waals surface area contributed by atoms with Crippen molar-refractivity contribution in [1.29, 1.82) is 0 Å². The molecule has 0 spiro atoms. The first-order valence-corrected chi connectivity index (χ1v) is 10.4. The molecule has 1 amide bonds. The van der Waals surface area contributed by atoms with Gasteiger partial charge in [-0.1, -0.05) is 12.8 Å². The zero-order valence-electron chi connectivity index (χ0n) is 15.0. The summed E-state index contributed by atoms with van der Waals surface area (Å²) < 4.78 is 9.42. The number of rotatable bonds is 4. The maximum atomic E-state index is 12.9. The Kier molecular flexibility index (Phi) is 5.22. The third-order valence-corrected chi connectivity index (χ3v) is 6.95. The van der Waals surface area contributed by atoms with E-state index in [1.165, 1.54) is 37.2 Å². The number of anilines is 1. The second-order valence-corrected chi connectivity index (χ2v) is 8.47. The van der Waals surface area contributed by atoms with E-state index in [1.807, 2.05) is 0 Å². The average Bonchev–Trinajstić information content (AvgIpc) is 3.28. The fraction of sp³-hybridized carbons (Fsp3) is 0.833. The first-order valence-electron chi connectivity index (χ1n) is 9.60. The number of aromatic nitrogens is 2. The van der Waals surface area contributed by atoms with Crippen LogP contribution in [-0.4, -0.2) is 53.5 Å². The number of hydrogen-bond donors (Lipinski definition) is 0. The van der Waals surface area contributed by atoms with Crippen LogP contribution < -0.4 is 4.90 Å². The van der Waals surface area contributed by atoms with Crippen LogP contribution in [0, 0.1) is 17.8 Å². The van der Waals surface area contributed by atoms with Gasteiger partial charge in [0.15, 0.2) is 5.82 Å². The molecule has 4 rings (SSSR count). The summed E-state index contributed by atoms with van der Waals surface area (Å²) in [5, 5.41) is 0.963. The number of carbonyl (C=O) groups excluding carboxylic acids is 1. The Labute approximate surface area is 153 Å². The summed E-state index contributed by atoms with van der Waals surface area (Å²) in [5.74, 6) is 2.91. The molecule has 25 heavy (non-hydrogen) atoms. The van der Waals surface area contributed by atoms with Crippen LogP contribution in [0.5, 0.6) is 0 Å². The Morgan fingerprint density at radius 1 is 1.16 bits per heavy atom. The standard InChI is InChI=1S/C18H28N4O2S/c1-24-12-16-19-18(25-20-16)21-8-6-13(7-9-21)17(23)22-10-14-4-2-3-5-15(14)11-22/h13-15H,2-12H2,1H3. The average molecular weight is 365 g/mol. The highest BCUT2D eigenvalue weighted by atomic mass is 32.1. The summed E-state index contributed by atoms with van der Waals surface area (Å²) in [4.78, 5) is 21.9. The van der Waals surface area contributed by atoms with Crippen molar-refractivity contribution in [3.8, 4) is 0 Å². The summed E-state index contributed by atoms with van der Waals surface area (Å²) in [7, 11) is 1.66. The fourth-order valence-corrected chi connectivity index (χ4v) is 5.45. The van der Waals surface area contributed by atoms with Gasteiger partial charge in [0, 0.05) is 50.7 Å². The number of ether oxygens (including phenoxy) is 1. The Morgan fingerprint density at radius 3 is 2.48 bits per heavy atom. The van der Waals surface area contributed by atoms with E-state index in [2.05, 4.69) is 19.2 Å². The lowest BCUT2D eigenvalue weighted by atomic mass is 9.82. The van der Waals surface area contributed by atoms with Crippen LogP contribution in [0.25, 0.3) is 0 Å². The van der Waals surface area contributed by atoms with Gasteiger partial charge in [0.05, 0.1) is 0 Å². The molecule has 1 aromatic rings. The molecule has 0 bridgehead atoms. The van der Waals surface area contributed by atoms with Gasteiger partial charge in [0.25, 0.3) is 0 Å². The van der Waals surface area contributed by atoms with E-state index in [0.717, 1.165) is 61.8 Å². The lowest BCUT2D eigenvalue weighted by molar-refractivity contribution is -0.135. The largest absolute Gasteiger partial charge is 0.377 e. The number of methoxy groups -OCH3 is 1. The normalized spacial score (nSPS) is 27.6. The molecule has 1 aliphatic carbocycles. The third kappa shape index (κ3) is 3.67. The predicted molar refractivity (Wildman–Crippen MR) is 97.6 cm³/mol. The number of nitrogens with zero attached hydrogens (tertiary/aromatic N) is 4. The second kappa shape index (κ2) is 7.58. The third-order valence-electron chi connectivity index (χ3n) is 6.13. The number of amides is 1. The van der Waals surface area contributed by atoms with E-state index in [1.54, 1.807) is 7.11 Å². The quantitative estimate of drug-likeness (QED) is 0.822. The molecular formula is C18H28N4O2S. The first-order chi connectivity index (χ1) is 12.2. The Hall–Kier alpha value is -1.21. The highest BCUT2D eigenvalue weighted by Gasteiger charge is 2.39. The lowest BCUT2D eigenvalue weighted by Crippen LogP contribution is -2.42. The smallest absolute Gasteiger partial charge is 0.225 e. The first kappa shape index (κ1) is 17.2. The van der Waals surface area contributed by atoms with Gasteiger partial charge in [-0.25, -0.2) is 4.98 Å². The van der Waals surface area contributed by atoms with Crippen LogP contribution in [0.4, 0.5) is 5.13 Å². The minimum absolute atomic E-state index is 0.197. The second-order valence-electron chi connectivity index (χ2n) is 7.74. The maximum absolute atomic E-state index is 12.9. The molecule has 3 heterocycles. The number of hydrogen-bond acceptors (Lipinski definition) is 6. The molecule has 2 aliphatic heterocycles. The predicted octanol–water partition coefficient (Wildman–Crippen LogP) is 2.55. The van der Waals surface area contributed by atoms with Crippen molar-refractivity contribution in [1.82, 2.24) is 14.3 Å². The van der Waals surface area contributed by atoms with Crippen molar-refractivity contribution >= 4 is 22.6 Å². The SMILES string of the molecule is COCc1nsc(N2CCC(C(=O)N3CC4CCCCC4C3)CC2)n1. The summed E-state index contributed by atoms with van der Waals surface area (Å²) in [5.41, 5.74) is 0. The van der Waals surface area contributed by atoms with Crippen molar-refractivity contribution in [2.45, 2.75) is 45.1 Å². The Balaban J connectivity index is 1.30. The van der Waals surface area contributed by atoms with Gasteiger partial charge in [0.2, 0.25) is 11.0 Å². The van der Waals surface area contributed by atoms with Gasteiger partial charge in [0.1, 0.15) is 6.61 Å². The molecule has 2 saturated heterocycles. The van der Waals surface area contributed by atoms with Crippen molar-refractivity contribution in [2.24, 2.45) is 17.8 Å². The molecular weight excluding hydrogens is 336 g/mol. The number of fused-ring (bicyclic) bond motifs is 1. The monoisotopic (exact) mass is 364 g/mol. The van der Waals surface area contributed by atoms with E-state index in [0.29, 0.717) is 12.5 Å². The molecule has 138 valence electrons. The van der Waals surface area contributed by atoms with Crippen molar-refractivity contribution in [2.75, 3.05) is 38.2 Å². The van der Waals surface area contributed by atoms with Crippen LogP contribution in [0.1, 0.15) is 44.3 Å². The molecule has 2 atom stereocenters. The molecule has 1 aromatic heterocycles. The fourth-order valence-electron chi connectivity index (χ4n) is 4.72. The number of piperidine rings is 1. The van der Waals surface area contributed by atoms with Crippen LogP contribution in [0.15, 0.2) is 0 Å². The van der Waals surface area contributed by atoms with E-state index >= 15 is 0 Å². The minimum Gasteiger partial charge on any atom is -0.377 e. The van der Waals surface area contributed by atoms with Crippen molar-refractivity contribution in [3.05, 3.63) is 5.82 Å². The highest BCUT2D eigenvalue weighted by Crippen LogP contribution is 2.37. The van der Waals surface area contributed by atoms with Gasteiger partial charge >= 0.3 is 0 Å². The Bertz CT molecular complexity index is 586. The topological polar surface area (TPSA) is 58.6 Å². The van der Waals surface area contributed by atoms with E-state index < -0.39 is 0 Å². The molecule has 3 aliphatic rings. The van der Waals surface area contributed by atoms with Crippen LogP contribution in [0.2, 0.25) is 0 Å².